The molecule has 1 heterocycles. The summed E-state index contributed by atoms with van der Waals surface area (Å²) in [5.74, 6) is -1.09. The van der Waals surface area contributed by atoms with Gasteiger partial charge in [0.15, 0.2) is 0 Å². The molecule has 0 fully saturated rings. The molecule has 1 aromatic rings. The van der Waals surface area contributed by atoms with Crippen molar-refractivity contribution in [3.05, 3.63) is 21.3 Å². The Kier molecular flexibility index (Phi) is 6.77. The molecule has 1 aromatic heterocycles. The van der Waals surface area contributed by atoms with Crippen LogP contribution in [0.4, 0.5) is 4.79 Å². The molecule has 0 spiro atoms. The van der Waals surface area contributed by atoms with Gasteiger partial charge in [-0.1, -0.05) is 11.6 Å². The molecule has 0 aromatic carbocycles. The molecule has 1 rings (SSSR count). The van der Waals surface area contributed by atoms with Gasteiger partial charge in [0, 0.05) is 25.0 Å². The van der Waals surface area contributed by atoms with Crippen molar-refractivity contribution in [2.75, 3.05) is 13.7 Å². The molecule has 0 saturated carbocycles. The van der Waals surface area contributed by atoms with E-state index in [9.17, 15) is 9.59 Å². The zero-order chi connectivity index (χ0) is 15.1. The third-order valence-electron chi connectivity index (χ3n) is 2.58. The molecule has 0 radical (unpaired) electrons. The number of halogens is 1. The summed E-state index contributed by atoms with van der Waals surface area (Å²) in [5.41, 5.74) is 0. The van der Waals surface area contributed by atoms with Gasteiger partial charge in [0.2, 0.25) is 0 Å². The normalized spacial score (nSPS) is 13.6. The smallest absolute Gasteiger partial charge is 0.326 e. The van der Waals surface area contributed by atoms with E-state index in [0.717, 1.165) is 4.88 Å². The molecule has 2 unspecified atom stereocenters. The van der Waals surface area contributed by atoms with Crippen LogP contribution in [0.25, 0.3) is 0 Å². The lowest BCUT2D eigenvalue weighted by atomic mass is 10.2. The fourth-order valence-corrected chi connectivity index (χ4v) is 2.59. The second-order valence-corrected chi connectivity index (χ2v) is 5.90. The van der Waals surface area contributed by atoms with Gasteiger partial charge in [-0.15, -0.1) is 11.3 Å². The summed E-state index contributed by atoms with van der Waals surface area (Å²) in [7, 11) is 1.47. The van der Waals surface area contributed by atoms with Gasteiger partial charge < -0.3 is 20.5 Å². The third kappa shape index (κ3) is 5.36. The Labute approximate surface area is 126 Å². The molecule has 3 N–H and O–H groups in total. The van der Waals surface area contributed by atoms with Gasteiger partial charge >= 0.3 is 12.0 Å². The molecule has 2 amide bonds. The van der Waals surface area contributed by atoms with Crippen molar-refractivity contribution in [2.24, 2.45) is 0 Å². The maximum atomic E-state index is 11.8. The zero-order valence-corrected chi connectivity index (χ0v) is 12.8. The monoisotopic (exact) mass is 320 g/mol. The van der Waals surface area contributed by atoms with Gasteiger partial charge in [-0.3, -0.25) is 0 Å². The molecule has 0 bridgehead atoms. The van der Waals surface area contributed by atoms with E-state index < -0.39 is 18.0 Å². The summed E-state index contributed by atoms with van der Waals surface area (Å²) in [5, 5.41) is 14.1. The predicted molar refractivity (Wildman–Crippen MR) is 77.3 cm³/mol. The number of carboxylic acid groups (broad SMARTS) is 1. The highest BCUT2D eigenvalue weighted by molar-refractivity contribution is 7.16. The van der Waals surface area contributed by atoms with Gasteiger partial charge in [-0.2, -0.15) is 0 Å². The summed E-state index contributed by atoms with van der Waals surface area (Å²) in [4.78, 5) is 23.6. The number of carbonyl (C=O) groups excluding carboxylic acids is 1. The topological polar surface area (TPSA) is 87.7 Å². The maximum Gasteiger partial charge on any atom is 0.326 e. The first-order chi connectivity index (χ1) is 9.43. The van der Waals surface area contributed by atoms with Gasteiger partial charge in [0.05, 0.1) is 10.4 Å². The number of ether oxygens (including phenoxy) is 1. The minimum absolute atomic E-state index is 0.207. The average molecular weight is 321 g/mol. The minimum Gasteiger partial charge on any atom is -0.480 e. The molecule has 112 valence electrons. The number of carboxylic acids is 1. The van der Waals surface area contributed by atoms with Crippen LogP contribution in [0.3, 0.4) is 0 Å². The number of aliphatic carboxylic acids is 1. The number of carbonyl (C=O) groups is 2. The molecular formula is C12H17ClN2O4S. The van der Waals surface area contributed by atoms with Crippen molar-refractivity contribution < 1.29 is 19.4 Å². The van der Waals surface area contributed by atoms with E-state index in [1.165, 1.54) is 18.4 Å². The number of rotatable bonds is 7. The van der Waals surface area contributed by atoms with Crippen LogP contribution >= 0.6 is 22.9 Å². The van der Waals surface area contributed by atoms with Crippen LogP contribution in [0.2, 0.25) is 4.34 Å². The lowest BCUT2D eigenvalue weighted by Gasteiger charge is -2.17. The standard InChI is InChI=1S/C12H17ClN2O4S/c1-7(9-3-4-10(13)20-9)14-12(18)15-8(11(16)17)5-6-19-2/h3-4,7-8H,5-6H2,1-2H3,(H,16,17)(H2,14,15,18). The summed E-state index contributed by atoms with van der Waals surface area (Å²) in [6.45, 7) is 2.06. The highest BCUT2D eigenvalue weighted by Crippen LogP contribution is 2.26. The number of hydrogen-bond donors (Lipinski definition) is 3. The molecule has 0 aliphatic heterocycles. The Bertz CT molecular complexity index is 466. The summed E-state index contributed by atoms with van der Waals surface area (Å²) in [6, 6.07) is 1.80. The van der Waals surface area contributed by atoms with E-state index in [-0.39, 0.29) is 19.1 Å². The Morgan fingerprint density at radius 1 is 1.45 bits per heavy atom. The molecule has 6 nitrogen and oxygen atoms in total. The van der Waals surface area contributed by atoms with Crippen LogP contribution in [0.1, 0.15) is 24.3 Å². The molecule has 2 atom stereocenters. The minimum atomic E-state index is -1.09. The van der Waals surface area contributed by atoms with E-state index in [1.54, 1.807) is 13.0 Å². The van der Waals surface area contributed by atoms with Crippen molar-refractivity contribution in [1.29, 1.82) is 0 Å². The van der Waals surface area contributed by atoms with Crippen LogP contribution < -0.4 is 10.6 Å². The lowest BCUT2D eigenvalue weighted by molar-refractivity contribution is -0.139. The van der Waals surface area contributed by atoms with Gasteiger partial charge in [-0.25, -0.2) is 9.59 Å². The van der Waals surface area contributed by atoms with Crippen LogP contribution in [-0.4, -0.2) is 36.9 Å². The summed E-state index contributed by atoms with van der Waals surface area (Å²) < 4.78 is 5.45. The number of amides is 2. The van der Waals surface area contributed by atoms with E-state index in [4.69, 9.17) is 21.4 Å². The van der Waals surface area contributed by atoms with Gasteiger partial charge in [0.1, 0.15) is 6.04 Å². The number of urea groups is 1. The summed E-state index contributed by atoms with van der Waals surface area (Å²) >= 11 is 7.19. The molecule has 0 saturated heterocycles. The molecule has 0 aliphatic rings. The summed E-state index contributed by atoms with van der Waals surface area (Å²) in [6.07, 6.45) is 0.207. The first kappa shape index (κ1) is 16.7. The average Bonchev–Trinajstić information content (AvgIpc) is 2.80. The Morgan fingerprint density at radius 3 is 2.65 bits per heavy atom. The van der Waals surface area contributed by atoms with Gasteiger partial charge in [-0.05, 0) is 19.1 Å². The molecule has 8 heteroatoms. The van der Waals surface area contributed by atoms with Crippen molar-refractivity contribution in [2.45, 2.75) is 25.4 Å². The van der Waals surface area contributed by atoms with Crippen molar-refractivity contribution in [1.82, 2.24) is 10.6 Å². The molecule has 20 heavy (non-hydrogen) atoms. The lowest BCUT2D eigenvalue weighted by Crippen LogP contribution is -2.47. The van der Waals surface area contributed by atoms with Crippen molar-refractivity contribution >= 4 is 34.9 Å². The number of thiophene rings is 1. The van der Waals surface area contributed by atoms with Crippen molar-refractivity contribution in [3.8, 4) is 0 Å². The fraction of sp³-hybridized carbons (Fsp3) is 0.500. The van der Waals surface area contributed by atoms with Crippen LogP contribution in [0.5, 0.6) is 0 Å². The highest BCUT2D eigenvalue weighted by atomic mass is 35.5. The van der Waals surface area contributed by atoms with Gasteiger partial charge in [0.25, 0.3) is 0 Å². The SMILES string of the molecule is COCCC(NC(=O)NC(C)c1ccc(Cl)s1)C(=O)O. The number of nitrogens with one attached hydrogen (secondary N) is 2. The second kappa shape index (κ2) is 8.08. The van der Waals surface area contributed by atoms with E-state index in [0.29, 0.717) is 4.34 Å². The van der Waals surface area contributed by atoms with E-state index in [2.05, 4.69) is 10.6 Å². The third-order valence-corrected chi connectivity index (χ3v) is 4.00. The first-order valence-corrected chi connectivity index (χ1v) is 7.17. The van der Waals surface area contributed by atoms with Crippen LogP contribution in [0, 0.1) is 0 Å². The Morgan fingerprint density at radius 2 is 2.15 bits per heavy atom. The predicted octanol–water partition coefficient (Wildman–Crippen LogP) is 2.25. The highest BCUT2D eigenvalue weighted by Gasteiger charge is 2.20. The van der Waals surface area contributed by atoms with Crippen LogP contribution in [0.15, 0.2) is 12.1 Å². The first-order valence-electron chi connectivity index (χ1n) is 5.98. The fourth-order valence-electron chi connectivity index (χ4n) is 1.52. The maximum absolute atomic E-state index is 11.8. The molecule has 0 aliphatic carbocycles. The Balaban J connectivity index is 2.50. The zero-order valence-electron chi connectivity index (χ0n) is 11.2. The van der Waals surface area contributed by atoms with E-state index in [1.807, 2.05) is 6.07 Å². The largest absolute Gasteiger partial charge is 0.480 e. The molecular weight excluding hydrogens is 304 g/mol. The Hall–Kier alpha value is -1.31. The number of hydrogen-bond acceptors (Lipinski definition) is 4. The quantitative estimate of drug-likeness (QED) is 0.719. The van der Waals surface area contributed by atoms with Crippen LogP contribution in [-0.2, 0) is 9.53 Å². The van der Waals surface area contributed by atoms with E-state index >= 15 is 0 Å². The number of methoxy groups -OCH3 is 1. The second-order valence-electron chi connectivity index (χ2n) is 4.15. The van der Waals surface area contributed by atoms with Crippen molar-refractivity contribution in [3.63, 3.8) is 0 Å².